The summed E-state index contributed by atoms with van der Waals surface area (Å²) in [6.07, 6.45) is 23.7. The van der Waals surface area contributed by atoms with Gasteiger partial charge < -0.3 is 9.74 Å². The molecule has 0 bridgehead atoms. The van der Waals surface area contributed by atoms with E-state index in [1.165, 1.54) is 19.3 Å². The lowest BCUT2D eigenvalue weighted by Crippen LogP contribution is -2.16. The van der Waals surface area contributed by atoms with Crippen molar-refractivity contribution in [1.82, 2.24) is 10.4 Å². The van der Waals surface area contributed by atoms with Crippen LogP contribution in [0.4, 0.5) is 0 Å². The lowest BCUT2D eigenvalue weighted by atomic mass is 10.2. The molecule has 1 amide bonds. The van der Waals surface area contributed by atoms with Gasteiger partial charge in [0.05, 0.1) is 6.61 Å². The van der Waals surface area contributed by atoms with Crippen molar-refractivity contribution in [3.63, 3.8) is 0 Å². The molecule has 1 aliphatic rings. The van der Waals surface area contributed by atoms with E-state index >= 15 is 0 Å². The Kier molecular flexibility index (Phi) is 14.8. The molecule has 26 heavy (non-hydrogen) atoms. The predicted molar refractivity (Wildman–Crippen MR) is 110 cm³/mol. The summed E-state index contributed by atoms with van der Waals surface area (Å²) in [7, 11) is 0. The molecule has 0 aromatic heterocycles. The summed E-state index contributed by atoms with van der Waals surface area (Å²) < 4.78 is 0. The molecular weight excluding hydrogens is 324 g/mol. The molecule has 1 rings (SSSR count). The summed E-state index contributed by atoms with van der Waals surface area (Å²) in [6.45, 7) is 5.85. The zero-order valence-electron chi connectivity index (χ0n) is 16.6. The molecule has 0 aromatic rings. The molecule has 148 valence electrons. The molecule has 0 aliphatic carbocycles. The van der Waals surface area contributed by atoms with E-state index in [9.17, 15) is 4.79 Å². The van der Waals surface area contributed by atoms with Crippen molar-refractivity contribution in [3.8, 4) is 0 Å². The number of carbonyl (C=O) groups excluding carboxylic acids is 1. The Morgan fingerprint density at radius 2 is 1.62 bits per heavy atom. The summed E-state index contributed by atoms with van der Waals surface area (Å²) in [6, 6.07) is 0. The number of nitrogens with zero attached hydrogens (tertiary/aromatic N) is 1. The van der Waals surface area contributed by atoms with Crippen molar-refractivity contribution in [1.29, 1.82) is 0 Å². The molecule has 1 fully saturated rings. The van der Waals surface area contributed by atoms with Crippen LogP contribution in [0.25, 0.3) is 0 Å². The first-order valence-corrected chi connectivity index (χ1v) is 10.4. The van der Waals surface area contributed by atoms with Crippen molar-refractivity contribution < 1.29 is 9.63 Å². The lowest BCUT2D eigenvalue weighted by molar-refractivity contribution is -0.125. The van der Waals surface area contributed by atoms with E-state index in [1.807, 2.05) is 4.90 Å². The van der Waals surface area contributed by atoms with Crippen LogP contribution in [0.1, 0.15) is 71.1 Å². The van der Waals surface area contributed by atoms with E-state index < -0.39 is 0 Å². The number of allylic oxidation sites excluding steroid dienone is 5. The molecule has 1 heterocycles. The highest BCUT2D eigenvalue weighted by Crippen LogP contribution is 2.09. The third-order valence-electron chi connectivity index (χ3n) is 4.22. The summed E-state index contributed by atoms with van der Waals surface area (Å²) in [4.78, 5) is 18.7. The van der Waals surface area contributed by atoms with Crippen LogP contribution < -0.4 is 5.48 Å². The SMILES string of the molecule is CCCCCCONCC/C=C\C/C=C\C/C=C\CCCC(=O)N1CC1. The number of amides is 1. The highest BCUT2D eigenvalue weighted by molar-refractivity contribution is 5.78. The maximum absolute atomic E-state index is 11.5. The second-order valence-electron chi connectivity index (χ2n) is 6.75. The molecule has 0 aromatic carbocycles. The fraction of sp³-hybridized carbons (Fsp3) is 0.682. The minimum Gasteiger partial charge on any atom is -0.339 e. The third-order valence-corrected chi connectivity index (χ3v) is 4.22. The number of carbonyl (C=O) groups is 1. The quantitative estimate of drug-likeness (QED) is 0.172. The minimum atomic E-state index is 0.318. The van der Waals surface area contributed by atoms with Crippen LogP contribution in [0.15, 0.2) is 36.5 Å². The Balaban J connectivity index is 1.79. The largest absolute Gasteiger partial charge is 0.339 e. The molecule has 0 unspecified atom stereocenters. The van der Waals surface area contributed by atoms with Crippen molar-refractivity contribution in [3.05, 3.63) is 36.5 Å². The van der Waals surface area contributed by atoms with Gasteiger partial charge in [-0.3, -0.25) is 4.79 Å². The van der Waals surface area contributed by atoms with E-state index in [2.05, 4.69) is 48.9 Å². The van der Waals surface area contributed by atoms with Gasteiger partial charge in [-0.05, 0) is 38.5 Å². The highest BCUT2D eigenvalue weighted by Gasteiger charge is 2.22. The van der Waals surface area contributed by atoms with Crippen LogP contribution in [0, 0.1) is 0 Å². The zero-order valence-corrected chi connectivity index (χ0v) is 16.6. The predicted octanol–water partition coefficient (Wildman–Crippen LogP) is 4.94. The van der Waals surface area contributed by atoms with Gasteiger partial charge in [-0.25, -0.2) is 5.48 Å². The first kappa shape index (κ1) is 22.7. The molecular formula is C22H38N2O2. The number of nitrogens with one attached hydrogen (secondary N) is 1. The Labute approximate surface area is 160 Å². The smallest absolute Gasteiger partial charge is 0.222 e. The van der Waals surface area contributed by atoms with Gasteiger partial charge in [0.15, 0.2) is 0 Å². The number of hydrogen-bond donors (Lipinski definition) is 1. The van der Waals surface area contributed by atoms with Gasteiger partial charge in [-0.2, -0.15) is 0 Å². The van der Waals surface area contributed by atoms with Crippen molar-refractivity contribution in [2.45, 2.75) is 71.1 Å². The zero-order chi connectivity index (χ0) is 18.7. The van der Waals surface area contributed by atoms with Gasteiger partial charge in [0.25, 0.3) is 0 Å². The maximum Gasteiger partial charge on any atom is 0.222 e. The van der Waals surface area contributed by atoms with Crippen LogP contribution in [0.5, 0.6) is 0 Å². The number of hydroxylamine groups is 1. The van der Waals surface area contributed by atoms with Crippen molar-refractivity contribution >= 4 is 5.91 Å². The maximum atomic E-state index is 11.5. The second kappa shape index (κ2) is 17.0. The highest BCUT2D eigenvalue weighted by atomic mass is 16.6. The minimum absolute atomic E-state index is 0.318. The molecule has 4 heteroatoms. The van der Waals surface area contributed by atoms with Crippen LogP contribution in [-0.2, 0) is 9.63 Å². The monoisotopic (exact) mass is 362 g/mol. The fourth-order valence-corrected chi connectivity index (χ4v) is 2.49. The van der Waals surface area contributed by atoms with E-state index in [1.54, 1.807) is 0 Å². The summed E-state index contributed by atoms with van der Waals surface area (Å²) in [5.74, 6) is 0.318. The topological polar surface area (TPSA) is 41.3 Å². The van der Waals surface area contributed by atoms with E-state index in [-0.39, 0.29) is 0 Å². The Hall–Kier alpha value is -1.39. The van der Waals surface area contributed by atoms with E-state index in [4.69, 9.17) is 4.84 Å². The van der Waals surface area contributed by atoms with Gasteiger partial charge in [-0.15, -0.1) is 0 Å². The van der Waals surface area contributed by atoms with E-state index in [0.717, 1.165) is 64.8 Å². The standard InChI is InChI=1S/C22H38N2O2/c1-2-3-4-16-21-26-23-18-15-13-11-9-7-5-6-8-10-12-14-17-22(25)24-19-20-24/h5,7-8,10-11,13,23H,2-4,6,9,12,14-21H2,1H3/b7-5-,10-8-,13-11-. The third kappa shape index (κ3) is 14.9. The van der Waals surface area contributed by atoms with Gasteiger partial charge in [-0.1, -0.05) is 62.6 Å². The number of unbranched alkanes of at least 4 members (excludes halogenated alkanes) is 4. The summed E-state index contributed by atoms with van der Waals surface area (Å²) in [5, 5.41) is 0. The normalized spacial score (nSPS) is 14.3. The van der Waals surface area contributed by atoms with Gasteiger partial charge in [0, 0.05) is 26.1 Å². The fourth-order valence-electron chi connectivity index (χ4n) is 2.49. The van der Waals surface area contributed by atoms with Crippen LogP contribution in [0.2, 0.25) is 0 Å². The van der Waals surface area contributed by atoms with Crippen LogP contribution >= 0.6 is 0 Å². The summed E-state index contributed by atoms with van der Waals surface area (Å²) in [5.41, 5.74) is 3.01. The first-order valence-electron chi connectivity index (χ1n) is 10.4. The Morgan fingerprint density at radius 3 is 2.31 bits per heavy atom. The molecule has 0 saturated carbocycles. The number of rotatable bonds is 17. The molecule has 0 radical (unpaired) electrons. The molecule has 4 nitrogen and oxygen atoms in total. The Morgan fingerprint density at radius 1 is 0.923 bits per heavy atom. The van der Waals surface area contributed by atoms with Crippen molar-refractivity contribution in [2.24, 2.45) is 0 Å². The molecule has 1 aliphatic heterocycles. The average molecular weight is 363 g/mol. The Bertz CT molecular complexity index is 426. The number of hydrogen-bond acceptors (Lipinski definition) is 3. The molecule has 1 N–H and O–H groups in total. The average Bonchev–Trinajstić information content (AvgIpc) is 3.48. The van der Waals surface area contributed by atoms with Crippen molar-refractivity contribution in [2.75, 3.05) is 26.2 Å². The van der Waals surface area contributed by atoms with Gasteiger partial charge in [0.2, 0.25) is 5.91 Å². The first-order chi connectivity index (χ1) is 12.8. The lowest BCUT2D eigenvalue weighted by Gasteiger charge is -2.03. The molecule has 0 atom stereocenters. The van der Waals surface area contributed by atoms with Crippen LogP contribution in [-0.4, -0.2) is 37.0 Å². The van der Waals surface area contributed by atoms with Gasteiger partial charge >= 0.3 is 0 Å². The van der Waals surface area contributed by atoms with E-state index in [0.29, 0.717) is 12.3 Å². The molecule has 0 spiro atoms. The molecule has 1 saturated heterocycles. The summed E-state index contributed by atoms with van der Waals surface area (Å²) >= 11 is 0. The van der Waals surface area contributed by atoms with Gasteiger partial charge in [0.1, 0.15) is 0 Å². The van der Waals surface area contributed by atoms with Crippen LogP contribution in [0.3, 0.4) is 0 Å². The second-order valence-corrected chi connectivity index (χ2v) is 6.75.